The van der Waals surface area contributed by atoms with E-state index in [2.05, 4.69) is 14.7 Å². The normalized spacial score (nSPS) is 12.3. The lowest BCUT2D eigenvalue weighted by molar-refractivity contribution is -0.274. The van der Waals surface area contributed by atoms with Crippen LogP contribution < -0.4 is 16.2 Å². The lowest BCUT2D eigenvalue weighted by Crippen LogP contribution is -2.35. The zero-order valence-electron chi connectivity index (χ0n) is 23.6. The highest BCUT2D eigenvalue weighted by molar-refractivity contribution is 5.89. The summed E-state index contributed by atoms with van der Waals surface area (Å²) in [7, 11) is 0. The molecule has 0 spiro atoms. The largest absolute Gasteiger partial charge is 0.573 e. The number of allylic oxidation sites excluding steroid dienone is 2. The Bertz CT molecular complexity index is 1750. The van der Waals surface area contributed by atoms with Crippen molar-refractivity contribution in [1.29, 1.82) is 5.26 Å². The monoisotopic (exact) mass is 587 g/mol. The number of aliphatic imine (C=N–C) groups is 1. The first-order valence-electron chi connectivity index (χ1n) is 13.0. The third-order valence-electron chi connectivity index (χ3n) is 6.66. The maximum absolute atomic E-state index is 12.7. The van der Waals surface area contributed by atoms with Gasteiger partial charge in [-0.1, -0.05) is 30.3 Å². The van der Waals surface area contributed by atoms with Crippen LogP contribution in [-0.4, -0.2) is 23.5 Å². The summed E-state index contributed by atoms with van der Waals surface area (Å²) in [5.74, 6) is -0.180. The molecule has 1 amide bonds. The molecule has 4 rings (SSSR count). The van der Waals surface area contributed by atoms with E-state index in [0.717, 1.165) is 16.7 Å². The molecule has 0 unspecified atom stereocenters. The van der Waals surface area contributed by atoms with Crippen LogP contribution in [0.5, 0.6) is 5.75 Å². The van der Waals surface area contributed by atoms with Gasteiger partial charge in [0.2, 0.25) is 5.91 Å². The molecule has 0 radical (unpaired) electrons. The van der Waals surface area contributed by atoms with Crippen LogP contribution in [0.15, 0.2) is 87.9 Å². The third-order valence-corrected chi connectivity index (χ3v) is 6.66. The zero-order valence-corrected chi connectivity index (χ0v) is 23.6. The average Bonchev–Trinajstić information content (AvgIpc) is 3.34. The number of primary amides is 1. The van der Waals surface area contributed by atoms with E-state index in [4.69, 9.17) is 21.1 Å². The van der Waals surface area contributed by atoms with Crippen LogP contribution in [0.4, 0.5) is 18.9 Å². The van der Waals surface area contributed by atoms with Gasteiger partial charge in [-0.05, 0) is 73.0 Å². The molecule has 0 aliphatic carbocycles. The molecule has 3 aromatic carbocycles. The third kappa shape index (κ3) is 7.29. The fourth-order valence-electron chi connectivity index (χ4n) is 4.22. The molecule has 1 aromatic heterocycles. The number of halogens is 3. The average molecular weight is 588 g/mol. The Balaban J connectivity index is 1.86. The predicted octanol–water partition coefficient (Wildman–Crippen LogP) is 7.10. The van der Waals surface area contributed by atoms with Crippen LogP contribution in [0.25, 0.3) is 33.7 Å². The van der Waals surface area contributed by atoms with Crippen LogP contribution in [0.2, 0.25) is 0 Å². The smallest absolute Gasteiger partial charge is 0.440 e. The van der Waals surface area contributed by atoms with Crippen LogP contribution in [0, 0.1) is 18.3 Å². The Morgan fingerprint density at radius 2 is 1.72 bits per heavy atom. The number of hydrogen-bond acceptors (Lipinski definition) is 7. The van der Waals surface area contributed by atoms with Crippen molar-refractivity contribution in [1.82, 2.24) is 4.98 Å². The van der Waals surface area contributed by atoms with Gasteiger partial charge in [0.05, 0.1) is 23.6 Å². The van der Waals surface area contributed by atoms with Gasteiger partial charge in [-0.15, -0.1) is 13.2 Å². The molecule has 0 aliphatic rings. The summed E-state index contributed by atoms with van der Waals surface area (Å²) in [6.07, 6.45) is -1.80. The van der Waals surface area contributed by atoms with Gasteiger partial charge in [0.25, 0.3) is 0 Å². The van der Waals surface area contributed by atoms with Gasteiger partial charge >= 0.3 is 6.36 Å². The molecule has 0 aliphatic heterocycles. The Labute approximate surface area is 246 Å². The van der Waals surface area contributed by atoms with Gasteiger partial charge in [-0.25, -0.2) is 4.98 Å². The number of ether oxygens (including phenoxy) is 1. The number of hydrogen-bond donors (Lipinski definition) is 2. The minimum absolute atomic E-state index is 0.0370. The summed E-state index contributed by atoms with van der Waals surface area (Å²) in [6, 6.07) is 20.2. The van der Waals surface area contributed by atoms with Gasteiger partial charge in [-0.2, -0.15) is 5.26 Å². The van der Waals surface area contributed by atoms with E-state index in [-0.39, 0.29) is 12.2 Å². The van der Waals surface area contributed by atoms with Crippen molar-refractivity contribution in [2.24, 2.45) is 16.5 Å². The number of carbonyl (C=O) groups is 1. The van der Waals surface area contributed by atoms with E-state index in [1.165, 1.54) is 36.6 Å². The molecule has 1 heterocycles. The Morgan fingerprint density at radius 1 is 1.05 bits per heavy atom. The van der Waals surface area contributed by atoms with E-state index in [1.807, 2.05) is 42.5 Å². The van der Waals surface area contributed by atoms with Crippen molar-refractivity contribution in [3.63, 3.8) is 0 Å². The number of benzene rings is 3. The number of alkyl halides is 3. The van der Waals surface area contributed by atoms with Crippen molar-refractivity contribution in [3.8, 4) is 45.5 Å². The molecular weight excluding hydrogens is 559 g/mol. The van der Waals surface area contributed by atoms with E-state index in [0.29, 0.717) is 39.9 Å². The van der Waals surface area contributed by atoms with Crippen molar-refractivity contribution in [3.05, 3.63) is 90.0 Å². The van der Waals surface area contributed by atoms with E-state index >= 15 is 0 Å². The molecule has 11 heteroatoms. The number of rotatable bonds is 9. The van der Waals surface area contributed by atoms with Gasteiger partial charge < -0.3 is 20.6 Å². The van der Waals surface area contributed by atoms with Crippen molar-refractivity contribution in [2.45, 2.75) is 39.0 Å². The first-order valence-corrected chi connectivity index (χ1v) is 13.0. The minimum atomic E-state index is -4.82. The Hall–Kier alpha value is -5.37. The Morgan fingerprint density at radius 3 is 2.37 bits per heavy atom. The topological polar surface area (TPSA) is 141 Å². The number of oxazole rings is 1. The molecule has 4 N–H and O–H groups in total. The summed E-state index contributed by atoms with van der Waals surface area (Å²) in [6.45, 7) is 5.15. The maximum atomic E-state index is 12.7. The van der Waals surface area contributed by atoms with Gasteiger partial charge in [-0.3, -0.25) is 9.79 Å². The molecule has 0 saturated heterocycles. The van der Waals surface area contributed by atoms with Gasteiger partial charge in [0.1, 0.15) is 11.4 Å². The fraction of sp³-hybridized carbons (Fsp3) is 0.188. The second-order valence-corrected chi connectivity index (χ2v) is 10.1. The first kappa shape index (κ1) is 30.6. The van der Waals surface area contributed by atoms with Crippen LogP contribution in [0.3, 0.4) is 0 Å². The number of nitrogens with zero attached hydrogens (tertiary/aromatic N) is 3. The lowest BCUT2D eigenvalue weighted by atomic mass is 9.82. The van der Waals surface area contributed by atoms with Gasteiger partial charge in [0.15, 0.2) is 11.7 Å². The van der Waals surface area contributed by atoms with Crippen molar-refractivity contribution in [2.75, 3.05) is 0 Å². The lowest BCUT2D eigenvalue weighted by Gasteiger charge is -2.21. The molecule has 0 atom stereocenters. The van der Waals surface area contributed by atoms with E-state index < -0.39 is 17.7 Å². The summed E-state index contributed by atoms with van der Waals surface area (Å²) >= 11 is 0. The highest BCUT2D eigenvalue weighted by Gasteiger charge is 2.31. The van der Waals surface area contributed by atoms with Crippen LogP contribution in [-0.2, 0) is 10.2 Å². The molecule has 0 fully saturated rings. The highest BCUT2D eigenvalue weighted by atomic mass is 19.4. The second-order valence-electron chi connectivity index (χ2n) is 10.1. The second kappa shape index (κ2) is 12.2. The number of nitrogens with two attached hydrogens (primary N) is 2. The quantitative estimate of drug-likeness (QED) is 0.200. The van der Waals surface area contributed by atoms with Crippen LogP contribution >= 0.6 is 0 Å². The molecular formula is C32H28F3N5O3. The minimum Gasteiger partial charge on any atom is -0.440 e. The summed E-state index contributed by atoms with van der Waals surface area (Å²) < 4.78 is 48.1. The number of aryl methyl sites for hydroxylation is 1. The SMILES string of the molecule is Cc1nc(-c2ccc(OC(F)(F)F)cc2)c(-c2cc(-c3cccc(C(C)(C)C(N)=O)c3)ccc2N=CC=C(N)CC#N)o1. The van der Waals surface area contributed by atoms with Crippen molar-refractivity contribution >= 4 is 17.8 Å². The van der Waals surface area contributed by atoms with Crippen LogP contribution in [0.1, 0.15) is 31.7 Å². The van der Waals surface area contributed by atoms with Gasteiger partial charge in [0, 0.05) is 30.0 Å². The van der Waals surface area contributed by atoms with E-state index in [1.54, 1.807) is 26.8 Å². The molecule has 4 aromatic rings. The molecule has 8 nitrogen and oxygen atoms in total. The molecule has 220 valence electrons. The predicted molar refractivity (Wildman–Crippen MR) is 157 cm³/mol. The fourth-order valence-corrected chi connectivity index (χ4v) is 4.22. The van der Waals surface area contributed by atoms with E-state index in [9.17, 15) is 18.0 Å². The number of nitriles is 1. The number of amides is 1. The maximum Gasteiger partial charge on any atom is 0.573 e. The standard InChI is InChI=1S/C32H28F3N5O3/c1-19-40-28(20-7-10-25(11-8-20)43-32(33,34)35)29(42-19)26-18-22(9-12-27(26)39-16-14-24(37)13-15-36)21-5-4-6-23(17-21)31(2,3)30(38)41/h4-12,14,16-18H,13,37H2,1-3H3,(H2,38,41). The molecule has 43 heavy (non-hydrogen) atoms. The van der Waals surface area contributed by atoms with Crippen molar-refractivity contribution < 1.29 is 27.1 Å². The molecule has 0 saturated carbocycles. The summed E-state index contributed by atoms with van der Waals surface area (Å²) in [5, 5.41) is 8.87. The summed E-state index contributed by atoms with van der Waals surface area (Å²) in [5.41, 5.74) is 15.1. The summed E-state index contributed by atoms with van der Waals surface area (Å²) in [4.78, 5) is 21.1. The highest BCUT2D eigenvalue weighted by Crippen LogP contribution is 2.41. The Kier molecular flexibility index (Phi) is 8.71. The first-order chi connectivity index (χ1) is 20.3. The zero-order chi connectivity index (χ0) is 31.4. The number of aromatic nitrogens is 1. The number of carbonyl (C=O) groups excluding carboxylic acids is 1. The molecule has 0 bridgehead atoms.